The average molecular weight is 592 g/mol. The van der Waals surface area contributed by atoms with Crippen LogP contribution in [0.15, 0.2) is 152 Å². The summed E-state index contributed by atoms with van der Waals surface area (Å²) >= 11 is 1.87. The summed E-state index contributed by atoms with van der Waals surface area (Å²) in [5.41, 5.74) is 5.18. The van der Waals surface area contributed by atoms with Crippen LogP contribution >= 0.6 is 11.3 Å². The number of fused-ring (bicyclic) bond motifs is 7. The molecule has 0 spiro atoms. The molecular weight excluding hydrogens is 567 g/mol. The Morgan fingerprint density at radius 3 is 1.69 bits per heavy atom. The van der Waals surface area contributed by atoms with E-state index in [0.29, 0.717) is 17.5 Å². The number of thiophene rings is 1. The number of rotatable bonds is 4. The summed E-state index contributed by atoms with van der Waals surface area (Å²) in [5.74, 6) is 1.98. The fourth-order valence-corrected chi connectivity index (χ4v) is 7.74. The van der Waals surface area contributed by atoms with E-state index in [9.17, 15) is 0 Å². The van der Waals surface area contributed by atoms with E-state index < -0.39 is 0 Å². The van der Waals surface area contributed by atoms with Crippen molar-refractivity contribution in [2.75, 3.05) is 0 Å². The summed E-state index contributed by atoms with van der Waals surface area (Å²) in [6, 6.07) is 53.1. The van der Waals surface area contributed by atoms with Crippen LogP contribution in [0.3, 0.4) is 0 Å². The molecule has 0 aliphatic carbocycles. The molecule has 4 heteroatoms. The first kappa shape index (κ1) is 25.8. The van der Waals surface area contributed by atoms with Gasteiger partial charge in [-0.2, -0.15) is 0 Å². The lowest BCUT2D eigenvalue weighted by Gasteiger charge is -2.13. The standard InChI is InChI=1S/C41H25N3S/c1-3-13-28(14-4-1)39-42-40(29-15-5-2-6-16-29)44-41(43-39)33-19-10-9-18-31(33)32-20-11-21-35-37(32)34-25-24-27-23-22-26-12-7-8-17-30(26)36(27)38(34)45-35/h1-25H. The minimum Gasteiger partial charge on any atom is -0.208 e. The number of benzene rings is 7. The minimum absolute atomic E-state index is 0.659. The molecule has 9 rings (SSSR count). The summed E-state index contributed by atoms with van der Waals surface area (Å²) in [7, 11) is 0. The number of aromatic nitrogens is 3. The van der Waals surface area contributed by atoms with Crippen LogP contribution in [0.5, 0.6) is 0 Å². The molecule has 2 heterocycles. The second kappa shape index (κ2) is 10.5. The highest BCUT2D eigenvalue weighted by Gasteiger charge is 2.19. The molecule has 0 atom stereocenters. The first-order chi connectivity index (χ1) is 22.3. The minimum atomic E-state index is 0.659. The molecule has 210 valence electrons. The van der Waals surface area contributed by atoms with E-state index in [-0.39, 0.29) is 0 Å². The number of hydrogen-bond donors (Lipinski definition) is 0. The maximum absolute atomic E-state index is 5.07. The quantitative estimate of drug-likeness (QED) is 0.191. The summed E-state index contributed by atoms with van der Waals surface area (Å²) in [5, 5.41) is 7.68. The first-order valence-corrected chi connectivity index (χ1v) is 15.9. The van der Waals surface area contributed by atoms with Crippen LogP contribution in [0.25, 0.3) is 87.0 Å². The maximum Gasteiger partial charge on any atom is 0.164 e. The molecule has 0 saturated carbocycles. The van der Waals surface area contributed by atoms with Gasteiger partial charge in [0.05, 0.1) is 0 Å². The van der Waals surface area contributed by atoms with Gasteiger partial charge in [-0.05, 0) is 33.4 Å². The van der Waals surface area contributed by atoms with Gasteiger partial charge in [-0.15, -0.1) is 11.3 Å². The van der Waals surface area contributed by atoms with Gasteiger partial charge in [-0.25, -0.2) is 15.0 Å². The summed E-state index contributed by atoms with van der Waals surface area (Å²) in [6.45, 7) is 0. The Morgan fingerprint density at radius 2 is 0.933 bits per heavy atom. The van der Waals surface area contributed by atoms with Crippen LogP contribution in [0.1, 0.15) is 0 Å². The molecular formula is C41H25N3S. The van der Waals surface area contributed by atoms with Crippen LogP contribution in [-0.2, 0) is 0 Å². The molecule has 0 aliphatic heterocycles. The van der Waals surface area contributed by atoms with Crippen molar-refractivity contribution >= 4 is 53.1 Å². The molecule has 0 saturated heterocycles. The Kier molecular flexibility index (Phi) is 6.00. The molecule has 0 radical (unpaired) electrons. The highest BCUT2D eigenvalue weighted by atomic mass is 32.1. The van der Waals surface area contributed by atoms with Crippen LogP contribution in [0.4, 0.5) is 0 Å². The lowest BCUT2D eigenvalue weighted by molar-refractivity contribution is 1.07. The Bertz CT molecular complexity index is 2480. The molecule has 0 N–H and O–H groups in total. The largest absolute Gasteiger partial charge is 0.208 e. The van der Waals surface area contributed by atoms with Crippen molar-refractivity contribution in [3.63, 3.8) is 0 Å². The molecule has 45 heavy (non-hydrogen) atoms. The smallest absolute Gasteiger partial charge is 0.164 e. The predicted octanol–water partition coefficient (Wildman–Crippen LogP) is 11.2. The van der Waals surface area contributed by atoms with Crippen molar-refractivity contribution in [2.45, 2.75) is 0 Å². The third-order valence-electron chi connectivity index (χ3n) is 8.53. The summed E-state index contributed by atoms with van der Waals surface area (Å²) < 4.78 is 2.59. The molecule has 9 aromatic rings. The molecule has 0 bridgehead atoms. The van der Waals surface area contributed by atoms with Crippen molar-refractivity contribution in [2.24, 2.45) is 0 Å². The number of hydrogen-bond acceptors (Lipinski definition) is 4. The second-order valence-corrected chi connectivity index (χ2v) is 12.2. The van der Waals surface area contributed by atoms with Crippen LogP contribution in [-0.4, -0.2) is 15.0 Å². The highest BCUT2D eigenvalue weighted by molar-refractivity contribution is 7.27. The zero-order valence-electron chi connectivity index (χ0n) is 24.2. The van der Waals surface area contributed by atoms with E-state index in [0.717, 1.165) is 22.3 Å². The van der Waals surface area contributed by atoms with Gasteiger partial charge in [0, 0.05) is 42.2 Å². The molecule has 0 amide bonds. The third kappa shape index (κ3) is 4.30. The van der Waals surface area contributed by atoms with Gasteiger partial charge < -0.3 is 0 Å². The Morgan fingerprint density at radius 1 is 0.356 bits per heavy atom. The lowest BCUT2D eigenvalue weighted by Crippen LogP contribution is -2.01. The van der Waals surface area contributed by atoms with Gasteiger partial charge in [0.2, 0.25) is 0 Å². The average Bonchev–Trinajstić information content (AvgIpc) is 3.51. The van der Waals surface area contributed by atoms with Gasteiger partial charge in [-0.3, -0.25) is 0 Å². The molecule has 7 aromatic carbocycles. The third-order valence-corrected chi connectivity index (χ3v) is 9.72. The fraction of sp³-hybridized carbons (Fsp3) is 0. The molecule has 0 aliphatic rings. The van der Waals surface area contributed by atoms with Gasteiger partial charge >= 0.3 is 0 Å². The van der Waals surface area contributed by atoms with Crippen LogP contribution in [0, 0.1) is 0 Å². The maximum atomic E-state index is 5.07. The van der Waals surface area contributed by atoms with E-state index in [1.54, 1.807) is 0 Å². The van der Waals surface area contributed by atoms with E-state index in [1.165, 1.54) is 47.3 Å². The van der Waals surface area contributed by atoms with Gasteiger partial charge in [-0.1, -0.05) is 146 Å². The van der Waals surface area contributed by atoms with Gasteiger partial charge in [0.25, 0.3) is 0 Å². The molecule has 0 unspecified atom stereocenters. The SMILES string of the molecule is c1ccc(-c2nc(-c3ccccc3)nc(-c3ccccc3-c3cccc4sc5c(ccc6ccc7ccccc7c65)c34)n2)cc1. The van der Waals surface area contributed by atoms with Crippen molar-refractivity contribution in [3.8, 4) is 45.3 Å². The normalized spacial score (nSPS) is 11.6. The Hall–Kier alpha value is -5.71. The molecule has 3 nitrogen and oxygen atoms in total. The topological polar surface area (TPSA) is 38.7 Å². The van der Waals surface area contributed by atoms with Crippen molar-refractivity contribution < 1.29 is 0 Å². The summed E-state index contributed by atoms with van der Waals surface area (Å²) in [6.07, 6.45) is 0. The van der Waals surface area contributed by atoms with Crippen molar-refractivity contribution in [3.05, 3.63) is 152 Å². The van der Waals surface area contributed by atoms with E-state index >= 15 is 0 Å². The van der Waals surface area contributed by atoms with Crippen LogP contribution < -0.4 is 0 Å². The first-order valence-electron chi connectivity index (χ1n) is 15.0. The van der Waals surface area contributed by atoms with E-state index in [1.807, 2.05) is 72.0 Å². The predicted molar refractivity (Wildman–Crippen MR) is 189 cm³/mol. The lowest BCUT2D eigenvalue weighted by atomic mass is 9.93. The fourth-order valence-electron chi connectivity index (χ4n) is 6.44. The van der Waals surface area contributed by atoms with E-state index in [4.69, 9.17) is 15.0 Å². The van der Waals surface area contributed by atoms with Crippen molar-refractivity contribution in [1.82, 2.24) is 15.0 Å². The van der Waals surface area contributed by atoms with Gasteiger partial charge in [0.1, 0.15) is 0 Å². The molecule has 2 aromatic heterocycles. The highest BCUT2D eigenvalue weighted by Crippen LogP contribution is 2.46. The van der Waals surface area contributed by atoms with Gasteiger partial charge in [0.15, 0.2) is 17.5 Å². The number of nitrogens with zero attached hydrogens (tertiary/aromatic N) is 3. The molecule has 0 fully saturated rings. The zero-order chi connectivity index (χ0) is 29.7. The second-order valence-electron chi connectivity index (χ2n) is 11.2. The zero-order valence-corrected chi connectivity index (χ0v) is 25.0. The van der Waals surface area contributed by atoms with Crippen LogP contribution in [0.2, 0.25) is 0 Å². The van der Waals surface area contributed by atoms with Crippen molar-refractivity contribution in [1.29, 1.82) is 0 Å². The Balaban J connectivity index is 1.31. The Labute approximate surface area is 264 Å². The monoisotopic (exact) mass is 591 g/mol. The summed E-state index contributed by atoms with van der Waals surface area (Å²) in [4.78, 5) is 15.1. The van der Waals surface area contributed by atoms with E-state index in [2.05, 4.69) is 91.0 Å².